The van der Waals surface area contributed by atoms with Gasteiger partial charge in [0.2, 0.25) is 0 Å². The summed E-state index contributed by atoms with van der Waals surface area (Å²) < 4.78 is 25.0. The Kier molecular flexibility index (Phi) is 4.83. The first-order valence-electron chi connectivity index (χ1n) is 12.5. The Morgan fingerprint density at radius 3 is 2.35 bits per heavy atom. The largest absolute Gasteiger partial charge is 0.500 e. The van der Waals surface area contributed by atoms with Crippen LogP contribution in [0, 0.1) is 38.9 Å². The number of Topliss-reactive ketones (excluding diaryl/α,β-unsaturated/α-hetero) is 1. The van der Waals surface area contributed by atoms with Crippen molar-refractivity contribution in [2.45, 2.75) is 71.9 Å². The minimum atomic E-state index is -2.14. The molecule has 8 atom stereocenters. The molecule has 0 amide bonds. The van der Waals surface area contributed by atoms with Crippen molar-refractivity contribution in [2.75, 3.05) is 27.6 Å². The van der Waals surface area contributed by atoms with Crippen LogP contribution in [0.25, 0.3) is 0 Å². The predicted molar refractivity (Wildman–Crippen MR) is 131 cm³/mol. The fourth-order valence-electron chi connectivity index (χ4n) is 9.61. The lowest BCUT2D eigenvalue weighted by Crippen LogP contribution is -2.84. The first-order chi connectivity index (χ1) is 15.6. The van der Waals surface area contributed by atoms with Crippen LogP contribution in [0.4, 0.5) is 0 Å². The summed E-state index contributed by atoms with van der Waals surface area (Å²) in [5, 5.41) is 11.9. The zero-order valence-electron chi connectivity index (χ0n) is 22.4. The molecule has 2 spiro atoms. The zero-order valence-corrected chi connectivity index (χ0v) is 23.4. The van der Waals surface area contributed by atoms with Crippen LogP contribution in [0.2, 0.25) is 18.1 Å². The van der Waals surface area contributed by atoms with Crippen LogP contribution in [0.5, 0.6) is 0 Å². The molecule has 7 heteroatoms. The normalized spacial score (nSPS) is 47.5. The van der Waals surface area contributed by atoms with Crippen molar-refractivity contribution in [1.82, 2.24) is 0 Å². The van der Waals surface area contributed by atoms with E-state index in [0.717, 1.165) is 5.76 Å². The van der Waals surface area contributed by atoms with Crippen LogP contribution in [0.3, 0.4) is 0 Å². The van der Waals surface area contributed by atoms with Gasteiger partial charge in [0, 0.05) is 35.9 Å². The molecular weight excluding hydrogens is 448 g/mol. The Morgan fingerprint density at radius 2 is 1.79 bits per heavy atom. The van der Waals surface area contributed by atoms with Gasteiger partial charge in [-0.2, -0.15) is 0 Å². The van der Waals surface area contributed by atoms with Crippen LogP contribution in [-0.4, -0.2) is 59.0 Å². The Bertz CT molecular complexity index is 994. The van der Waals surface area contributed by atoms with Crippen LogP contribution in [0.1, 0.15) is 41.5 Å². The average Bonchev–Trinajstić information content (AvgIpc) is 2.86. The van der Waals surface area contributed by atoms with E-state index in [4.69, 9.17) is 18.6 Å². The van der Waals surface area contributed by atoms with Gasteiger partial charge in [-0.1, -0.05) is 53.7 Å². The van der Waals surface area contributed by atoms with E-state index in [1.54, 1.807) is 14.2 Å². The number of ether oxygens (including phenoxy) is 3. The predicted octanol–water partition coefficient (Wildman–Crippen LogP) is 4.31. The van der Waals surface area contributed by atoms with Gasteiger partial charge in [-0.15, -0.1) is 0 Å². The molecule has 0 radical (unpaired) electrons. The Hall–Kier alpha value is -0.993. The van der Waals surface area contributed by atoms with Crippen molar-refractivity contribution < 1.29 is 28.5 Å². The molecule has 190 valence electrons. The van der Waals surface area contributed by atoms with Gasteiger partial charge in [-0.05, 0) is 29.6 Å². The first kappa shape index (κ1) is 24.7. The van der Waals surface area contributed by atoms with Gasteiger partial charge in [0.1, 0.15) is 18.3 Å². The van der Waals surface area contributed by atoms with Gasteiger partial charge in [0.15, 0.2) is 8.32 Å². The lowest BCUT2D eigenvalue weighted by molar-refractivity contribution is -0.349. The monoisotopic (exact) mass is 490 g/mol. The highest BCUT2D eigenvalue weighted by Crippen LogP contribution is 2.99. The van der Waals surface area contributed by atoms with Crippen LogP contribution in [-0.2, 0) is 23.4 Å². The molecule has 5 fully saturated rings. The number of rotatable bonds is 7. The fourth-order valence-corrected chi connectivity index (χ4v) is 10.6. The Morgan fingerprint density at radius 1 is 1.15 bits per heavy atom. The fraction of sp³-hybridized carbons (Fsp3) is 0.815. The van der Waals surface area contributed by atoms with Crippen molar-refractivity contribution in [2.24, 2.45) is 38.9 Å². The Balaban J connectivity index is 1.80. The van der Waals surface area contributed by atoms with Crippen molar-refractivity contribution in [3.63, 3.8) is 0 Å². The molecule has 0 aromatic carbocycles. The summed E-state index contributed by atoms with van der Waals surface area (Å²) in [6.45, 7) is 18.4. The lowest BCUT2D eigenvalue weighted by atomic mass is 9.22. The van der Waals surface area contributed by atoms with E-state index in [1.165, 1.54) is 0 Å². The average molecular weight is 491 g/mol. The van der Waals surface area contributed by atoms with Crippen LogP contribution in [0.15, 0.2) is 24.0 Å². The molecule has 6 bridgehead atoms. The smallest absolute Gasteiger partial charge is 0.192 e. The van der Waals surface area contributed by atoms with Gasteiger partial charge in [-0.25, -0.2) is 0 Å². The van der Waals surface area contributed by atoms with Crippen molar-refractivity contribution in [3.8, 4) is 0 Å². The molecule has 0 aromatic heterocycles. The number of carbonyl (C=O) groups is 1. The van der Waals surface area contributed by atoms with Gasteiger partial charge < -0.3 is 23.7 Å². The number of allylic oxidation sites excluding steroid dienone is 2. The number of hydrogen-bond donors (Lipinski definition) is 1. The summed E-state index contributed by atoms with van der Waals surface area (Å²) in [5.74, 6) is 0.306. The summed E-state index contributed by atoms with van der Waals surface area (Å²) in [6, 6.07) is 0. The molecule has 6 rings (SSSR count). The highest BCUT2D eigenvalue weighted by Gasteiger charge is 3.05. The van der Waals surface area contributed by atoms with E-state index in [1.807, 2.05) is 12.2 Å². The summed E-state index contributed by atoms with van der Waals surface area (Å²) in [7, 11) is 1.17. The van der Waals surface area contributed by atoms with Gasteiger partial charge >= 0.3 is 0 Å². The molecule has 0 saturated heterocycles. The SMILES string of the molecule is COCO[C@@H]1[C@H]2[C@@H]3C(=O)[C@]4(C)[C@]5(C=CC=C(OC)[C@]15[C@]4(CO[Si](C)(C)C(C)(C)C)C2(C)C)[C@@H]3O. The molecule has 0 aliphatic heterocycles. The standard InChI is InChI=1S/C27H42O6Si/c1-22(2,3)34(9,10)33-14-26-23(4,5)18-17-19(28)24(26,6)25(20(17)29)13-11-12-16(31-8)27(25,26)21(18)32-15-30-7/h11-13,17-18,20-21,29H,14-15H2,1-10H3/t17-,18-,20-,21-,24-,25+,26-,27+/m1/s1. The number of hydrogen-bond acceptors (Lipinski definition) is 6. The summed E-state index contributed by atoms with van der Waals surface area (Å²) in [5.41, 5.74) is -3.23. The summed E-state index contributed by atoms with van der Waals surface area (Å²) in [6.07, 6.45) is 4.94. The first-order valence-corrected chi connectivity index (χ1v) is 15.4. The van der Waals surface area contributed by atoms with Gasteiger partial charge in [0.25, 0.3) is 0 Å². The molecule has 6 nitrogen and oxygen atoms in total. The lowest BCUT2D eigenvalue weighted by Gasteiger charge is -2.79. The number of carbonyl (C=O) groups excluding carboxylic acids is 1. The number of aliphatic hydroxyl groups is 1. The number of ketones is 1. The summed E-state index contributed by atoms with van der Waals surface area (Å²) >= 11 is 0. The molecule has 0 unspecified atom stereocenters. The third-order valence-corrected chi connectivity index (χ3v) is 16.2. The highest BCUT2D eigenvalue weighted by molar-refractivity contribution is 6.74. The number of methoxy groups -OCH3 is 2. The van der Waals surface area contributed by atoms with Crippen LogP contribution >= 0.6 is 0 Å². The molecule has 5 saturated carbocycles. The Labute approximate surface area is 205 Å². The van der Waals surface area contributed by atoms with Gasteiger partial charge in [0.05, 0.1) is 30.7 Å². The van der Waals surface area contributed by atoms with Crippen molar-refractivity contribution in [3.05, 3.63) is 24.0 Å². The minimum Gasteiger partial charge on any atom is -0.500 e. The minimum absolute atomic E-state index is 0.0326. The van der Waals surface area contributed by atoms with E-state index in [2.05, 4.69) is 60.7 Å². The summed E-state index contributed by atoms with van der Waals surface area (Å²) in [4.78, 5) is 14.3. The van der Waals surface area contributed by atoms with Crippen molar-refractivity contribution >= 4 is 14.1 Å². The van der Waals surface area contributed by atoms with E-state index in [0.29, 0.717) is 6.61 Å². The highest BCUT2D eigenvalue weighted by atomic mass is 28.4. The molecule has 0 heterocycles. The maximum Gasteiger partial charge on any atom is 0.192 e. The molecule has 34 heavy (non-hydrogen) atoms. The maximum atomic E-state index is 14.3. The van der Waals surface area contributed by atoms with Gasteiger partial charge in [-0.3, -0.25) is 4.79 Å². The molecule has 6 aliphatic carbocycles. The second kappa shape index (κ2) is 6.65. The van der Waals surface area contributed by atoms with E-state index >= 15 is 0 Å². The molecule has 0 aromatic rings. The number of aliphatic hydroxyl groups excluding tert-OH is 1. The molecule has 1 N–H and O–H groups in total. The third kappa shape index (κ3) is 1.97. The quantitative estimate of drug-likeness (QED) is 0.424. The van der Waals surface area contributed by atoms with E-state index < -0.39 is 42.0 Å². The van der Waals surface area contributed by atoms with Crippen LogP contribution < -0.4 is 0 Å². The molecular formula is C27H42O6Si. The van der Waals surface area contributed by atoms with E-state index in [9.17, 15) is 9.90 Å². The van der Waals surface area contributed by atoms with E-state index in [-0.39, 0.29) is 35.1 Å². The second-order valence-corrected chi connectivity index (χ2v) is 18.2. The third-order valence-electron chi connectivity index (χ3n) is 11.7. The zero-order chi connectivity index (χ0) is 25.3. The second-order valence-electron chi connectivity index (χ2n) is 13.4. The molecule has 6 aliphatic rings. The topological polar surface area (TPSA) is 74.2 Å². The van der Waals surface area contributed by atoms with Crippen molar-refractivity contribution in [1.29, 1.82) is 0 Å². The maximum absolute atomic E-state index is 14.3.